The van der Waals surface area contributed by atoms with E-state index in [9.17, 15) is 0 Å². The topological polar surface area (TPSA) is 12.0 Å². The lowest BCUT2D eigenvalue weighted by Gasteiger charge is -2.17. The number of hydrogen-bond acceptors (Lipinski definition) is 2. The van der Waals surface area contributed by atoms with Gasteiger partial charge in [0.1, 0.15) is 0 Å². The largest absolute Gasteiger partial charge is 0.313 e. The van der Waals surface area contributed by atoms with E-state index in [4.69, 9.17) is 0 Å². The first-order chi connectivity index (χ1) is 7.95. The highest BCUT2D eigenvalue weighted by molar-refractivity contribution is 9.10. The predicted molar refractivity (Wildman–Crippen MR) is 81.8 cm³/mol. The third kappa shape index (κ3) is 4.31. The molecule has 0 aliphatic rings. The van der Waals surface area contributed by atoms with Crippen molar-refractivity contribution in [3.8, 4) is 0 Å². The molecular weight excluding hydrogens is 294 g/mol. The van der Waals surface area contributed by atoms with Gasteiger partial charge >= 0.3 is 0 Å². The Kier molecular flexibility index (Phi) is 6.04. The lowest BCUT2D eigenvalue weighted by Crippen LogP contribution is -2.12. The van der Waals surface area contributed by atoms with Crippen LogP contribution in [-0.2, 0) is 0 Å². The molecule has 2 atom stereocenters. The summed E-state index contributed by atoms with van der Waals surface area (Å²) < 4.78 is 1.19. The number of thioether (sulfide) groups is 1. The highest BCUT2D eigenvalue weighted by Crippen LogP contribution is 2.32. The molecule has 1 aromatic rings. The van der Waals surface area contributed by atoms with Crippen LogP contribution in [0.15, 0.2) is 27.6 Å². The van der Waals surface area contributed by atoms with Gasteiger partial charge in [-0.2, -0.15) is 0 Å². The van der Waals surface area contributed by atoms with Gasteiger partial charge in [-0.3, -0.25) is 0 Å². The molecule has 0 radical (unpaired) electrons. The first-order valence-electron chi connectivity index (χ1n) is 6.09. The van der Waals surface area contributed by atoms with E-state index >= 15 is 0 Å². The standard InChI is InChI=1S/C14H22BrNS/c1-9(2)11(4)17-12-6-7-13(10(3)16-5)14(15)8-12/h6-11,16H,1-5H3. The number of rotatable bonds is 5. The van der Waals surface area contributed by atoms with Gasteiger partial charge in [-0.25, -0.2) is 0 Å². The van der Waals surface area contributed by atoms with Crippen LogP contribution in [0, 0.1) is 5.92 Å². The van der Waals surface area contributed by atoms with Gasteiger partial charge in [0.2, 0.25) is 0 Å². The van der Waals surface area contributed by atoms with Crippen molar-refractivity contribution in [3.05, 3.63) is 28.2 Å². The van der Waals surface area contributed by atoms with Crippen LogP contribution in [0.5, 0.6) is 0 Å². The van der Waals surface area contributed by atoms with Crippen molar-refractivity contribution in [2.45, 2.75) is 43.9 Å². The first kappa shape index (κ1) is 15.1. The average Bonchev–Trinajstić information content (AvgIpc) is 2.28. The molecule has 1 aromatic carbocycles. The Labute approximate surface area is 118 Å². The zero-order valence-electron chi connectivity index (χ0n) is 11.3. The van der Waals surface area contributed by atoms with Crippen molar-refractivity contribution in [1.29, 1.82) is 0 Å². The van der Waals surface area contributed by atoms with E-state index in [0.717, 1.165) is 0 Å². The van der Waals surface area contributed by atoms with Crippen molar-refractivity contribution >= 4 is 27.7 Å². The lowest BCUT2D eigenvalue weighted by molar-refractivity contribution is 0.641. The van der Waals surface area contributed by atoms with Crippen LogP contribution in [0.4, 0.5) is 0 Å². The van der Waals surface area contributed by atoms with Crippen molar-refractivity contribution in [2.24, 2.45) is 5.92 Å². The second kappa shape index (κ2) is 6.81. The molecule has 3 heteroatoms. The van der Waals surface area contributed by atoms with E-state index < -0.39 is 0 Å². The normalized spacial score (nSPS) is 15.0. The summed E-state index contributed by atoms with van der Waals surface area (Å²) in [6.45, 7) is 8.99. The highest BCUT2D eigenvalue weighted by Gasteiger charge is 2.11. The van der Waals surface area contributed by atoms with Gasteiger partial charge in [0.05, 0.1) is 0 Å². The second-order valence-electron chi connectivity index (χ2n) is 4.76. The summed E-state index contributed by atoms with van der Waals surface area (Å²) in [4.78, 5) is 1.34. The van der Waals surface area contributed by atoms with Crippen LogP contribution >= 0.6 is 27.7 Å². The SMILES string of the molecule is CNC(C)c1ccc(SC(C)C(C)C)cc1Br. The lowest BCUT2D eigenvalue weighted by atomic mass is 10.1. The molecule has 0 fully saturated rings. The predicted octanol–water partition coefficient (Wildman–Crippen LogP) is 4.87. The third-order valence-corrected chi connectivity index (χ3v) is 5.26. The minimum Gasteiger partial charge on any atom is -0.313 e. The summed E-state index contributed by atoms with van der Waals surface area (Å²) in [6.07, 6.45) is 0. The molecule has 17 heavy (non-hydrogen) atoms. The molecule has 0 aromatic heterocycles. The molecule has 1 rings (SSSR count). The van der Waals surface area contributed by atoms with Gasteiger partial charge in [-0.15, -0.1) is 11.8 Å². The second-order valence-corrected chi connectivity index (χ2v) is 7.07. The Bertz CT molecular complexity index is 365. The zero-order valence-corrected chi connectivity index (χ0v) is 13.7. The maximum absolute atomic E-state index is 3.66. The van der Waals surface area contributed by atoms with Crippen LogP contribution in [0.25, 0.3) is 0 Å². The summed E-state index contributed by atoms with van der Waals surface area (Å²) in [5.41, 5.74) is 1.31. The molecule has 0 aliphatic carbocycles. The fraction of sp³-hybridized carbons (Fsp3) is 0.571. The fourth-order valence-corrected chi connectivity index (χ4v) is 3.35. The summed E-state index contributed by atoms with van der Waals surface area (Å²) in [6, 6.07) is 7.04. The van der Waals surface area contributed by atoms with E-state index in [-0.39, 0.29) is 0 Å². The zero-order chi connectivity index (χ0) is 13.0. The molecule has 0 saturated heterocycles. The first-order valence-corrected chi connectivity index (χ1v) is 7.76. The maximum Gasteiger partial charge on any atom is 0.0300 e. The Hall–Kier alpha value is 0.01000. The molecule has 0 aliphatic heterocycles. The van der Waals surface area contributed by atoms with Gasteiger partial charge in [0.25, 0.3) is 0 Å². The van der Waals surface area contributed by atoms with Crippen molar-refractivity contribution < 1.29 is 0 Å². The van der Waals surface area contributed by atoms with Crippen LogP contribution < -0.4 is 5.32 Å². The third-order valence-electron chi connectivity index (χ3n) is 3.13. The Balaban J connectivity index is 2.82. The molecule has 0 amide bonds. The molecule has 0 spiro atoms. The van der Waals surface area contributed by atoms with Crippen molar-refractivity contribution in [2.75, 3.05) is 7.05 Å². The molecule has 96 valence electrons. The Morgan fingerprint density at radius 1 is 1.18 bits per heavy atom. The fourth-order valence-electron chi connectivity index (χ4n) is 1.44. The van der Waals surface area contributed by atoms with E-state index in [2.05, 4.69) is 67.1 Å². The highest BCUT2D eigenvalue weighted by atomic mass is 79.9. The minimum absolute atomic E-state index is 0.381. The summed E-state index contributed by atoms with van der Waals surface area (Å²) >= 11 is 5.61. The molecule has 2 unspecified atom stereocenters. The molecular formula is C14H22BrNS. The maximum atomic E-state index is 3.66. The monoisotopic (exact) mass is 315 g/mol. The van der Waals surface area contributed by atoms with Crippen molar-refractivity contribution in [1.82, 2.24) is 5.32 Å². The Morgan fingerprint density at radius 2 is 1.82 bits per heavy atom. The average molecular weight is 316 g/mol. The molecule has 0 heterocycles. The summed E-state index contributed by atoms with van der Waals surface area (Å²) in [5.74, 6) is 0.703. The van der Waals surface area contributed by atoms with Crippen LogP contribution in [-0.4, -0.2) is 12.3 Å². The van der Waals surface area contributed by atoms with E-state index in [0.29, 0.717) is 17.2 Å². The Morgan fingerprint density at radius 3 is 2.29 bits per heavy atom. The van der Waals surface area contributed by atoms with Crippen molar-refractivity contribution in [3.63, 3.8) is 0 Å². The van der Waals surface area contributed by atoms with Crippen LogP contribution in [0.3, 0.4) is 0 Å². The van der Waals surface area contributed by atoms with Gasteiger partial charge in [-0.05, 0) is 37.6 Å². The van der Waals surface area contributed by atoms with Gasteiger partial charge in [0, 0.05) is 20.7 Å². The minimum atomic E-state index is 0.381. The quantitative estimate of drug-likeness (QED) is 0.778. The molecule has 0 saturated carbocycles. The van der Waals surface area contributed by atoms with Gasteiger partial charge in [0.15, 0.2) is 0 Å². The van der Waals surface area contributed by atoms with E-state index in [1.54, 1.807) is 0 Å². The smallest absolute Gasteiger partial charge is 0.0300 e. The van der Waals surface area contributed by atoms with Gasteiger partial charge < -0.3 is 5.32 Å². The number of benzene rings is 1. The molecule has 0 bridgehead atoms. The molecule has 1 N–H and O–H groups in total. The summed E-state index contributed by atoms with van der Waals surface area (Å²) in [5, 5.41) is 3.91. The number of halogens is 1. The number of hydrogen-bond donors (Lipinski definition) is 1. The van der Waals surface area contributed by atoms with Crippen LogP contribution in [0.2, 0.25) is 0 Å². The van der Waals surface area contributed by atoms with Gasteiger partial charge in [-0.1, -0.05) is 42.8 Å². The van der Waals surface area contributed by atoms with E-state index in [1.807, 2.05) is 18.8 Å². The van der Waals surface area contributed by atoms with E-state index in [1.165, 1.54) is 14.9 Å². The van der Waals surface area contributed by atoms with Crippen LogP contribution in [0.1, 0.15) is 39.3 Å². The summed E-state index contributed by atoms with van der Waals surface area (Å²) in [7, 11) is 1.99. The molecule has 1 nitrogen and oxygen atoms in total. The number of nitrogens with one attached hydrogen (secondary N) is 1.